The minimum absolute atomic E-state index is 0.00558. The van der Waals surface area contributed by atoms with Crippen LogP contribution in [0.4, 0.5) is 11.6 Å². The number of benzene rings is 1. The van der Waals surface area contributed by atoms with Gasteiger partial charge < -0.3 is 10.2 Å². The van der Waals surface area contributed by atoms with Crippen LogP contribution < -0.4 is 10.2 Å². The number of rotatable bonds is 3. The third-order valence-electron chi connectivity index (χ3n) is 4.85. The van der Waals surface area contributed by atoms with Crippen molar-refractivity contribution in [1.29, 1.82) is 0 Å². The Kier molecular flexibility index (Phi) is 5.14. The first-order valence-electron chi connectivity index (χ1n) is 8.83. The molecule has 1 fully saturated rings. The highest BCUT2D eigenvalue weighted by molar-refractivity contribution is 6.34. The van der Waals surface area contributed by atoms with E-state index < -0.39 is 0 Å². The zero-order chi connectivity index (χ0) is 18.8. The lowest BCUT2D eigenvalue weighted by Crippen LogP contribution is -2.38. The van der Waals surface area contributed by atoms with E-state index in [0.29, 0.717) is 16.0 Å². The molecule has 1 aliphatic heterocycles. The molecule has 5 nitrogen and oxygen atoms in total. The highest BCUT2D eigenvalue weighted by Gasteiger charge is 2.26. The topological polar surface area (TPSA) is 58.1 Å². The summed E-state index contributed by atoms with van der Waals surface area (Å²) in [5, 5.41) is 5.94. The fourth-order valence-electron chi connectivity index (χ4n) is 3.35. The molecule has 0 unspecified atom stereocenters. The van der Waals surface area contributed by atoms with Crippen molar-refractivity contribution >= 4 is 51.5 Å². The Morgan fingerprint density at radius 3 is 2.63 bits per heavy atom. The van der Waals surface area contributed by atoms with Crippen molar-refractivity contribution < 1.29 is 4.79 Å². The predicted octanol–water partition coefficient (Wildman–Crippen LogP) is 4.79. The molecule has 0 bridgehead atoms. The number of halogens is 2. The van der Waals surface area contributed by atoms with Gasteiger partial charge in [-0.15, -0.1) is 0 Å². The Bertz CT molecular complexity index is 969. The van der Waals surface area contributed by atoms with Crippen molar-refractivity contribution in [3.05, 3.63) is 58.8 Å². The summed E-state index contributed by atoms with van der Waals surface area (Å²) < 4.78 is 0. The van der Waals surface area contributed by atoms with Gasteiger partial charge in [0.25, 0.3) is 0 Å². The normalized spacial score (nSPS) is 15.1. The number of hydrogen-bond acceptors (Lipinski definition) is 4. The molecule has 0 radical (unpaired) electrons. The molecule has 27 heavy (non-hydrogen) atoms. The molecule has 1 saturated heterocycles. The smallest absolute Gasteiger partial charge is 0.228 e. The molecule has 4 rings (SSSR count). The number of aromatic nitrogens is 2. The monoisotopic (exact) mass is 400 g/mol. The van der Waals surface area contributed by atoms with Crippen LogP contribution in [0.1, 0.15) is 12.8 Å². The van der Waals surface area contributed by atoms with Gasteiger partial charge in [0.2, 0.25) is 5.91 Å². The minimum Gasteiger partial charge on any atom is -0.357 e. The van der Waals surface area contributed by atoms with Crippen molar-refractivity contribution in [2.24, 2.45) is 5.92 Å². The molecule has 1 amide bonds. The van der Waals surface area contributed by atoms with E-state index in [0.717, 1.165) is 42.5 Å². The first-order valence-corrected chi connectivity index (χ1v) is 9.58. The average molecular weight is 401 g/mol. The van der Waals surface area contributed by atoms with Crippen LogP contribution in [0.15, 0.2) is 48.7 Å². The number of nitrogens with one attached hydrogen (secondary N) is 1. The zero-order valence-corrected chi connectivity index (χ0v) is 16.0. The first kappa shape index (κ1) is 18.0. The summed E-state index contributed by atoms with van der Waals surface area (Å²) in [4.78, 5) is 23.3. The standard InChI is InChI=1S/C20H18Cl2N4O/c21-15-5-6-17(23-12-15)24-20(27)13-7-9-26(10-8-13)18-11-14-3-1-2-4-16(14)19(22)25-18/h1-6,11-13H,7-10H2,(H,23,24,27). The van der Waals surface area contributed by atoms with E-state index in [4.69, 9.17) is 23.2 Å². The molecule has 138 valence electrons. The molecule has 0 aliphatic carbocycles. The van der Waals surface area contributed by atoms with Crippen LogP contribution in [0.25, 0.3) is 10.8 Å². The van der Waals surface area contributed by atoms with Crippen molar-refractivity contribution in [2.75, 3.05) is 23.3 Å². The van der Waals surface area contributed by atoms with E-state index in [2.05, 4.69) is 26.3 Å². The van der Waals surface area contributed by atoms with E-state index in [9.17, 15) is 4.79 Å². The van der Waals surface area contributed by atoms with Gasteiger partial charge in [0, 0.05) is 30.6 Å². The van der Waals surface area contributed by atoms with E-state index >= 15 is 0 Å². The maximum absolute atomic E-state index is 12.5. The quantitative estimate of drug-likeness (QED) is 0.641. The van der Waals surface area contributed by atoms with Crippen molar-refractivity contribution in [3.8, 4) is 0 Å². The molecule has 1 N–H and O–H groups in total. The van der Waals surface area contributed by atoms with Gasteiger partial charge in [-0.2, -0.15) is 0 Å². The SMILES string of the molecule is O=C(Nc1ccc(Cl)cn1)C1CCN(c2cc3ccccc3c(Cl)n2)CC1. The van der Waals surface area contributed by atoms with Gasteiger partial charge in [-0.05, 0) is 36.4 Å². The van der Waals surface area contributed by atoms with Gasteiger partial charge in [-0.25, -0.2) is 9.97 Å². The van der Waals surface area contributed by atoms with Crippen molar-refractivity contribution in [2.45, 2.75) is 12.8 Å². The lowest BCUT2D eigenvalue weighted by molar-refractivity contribution is -0.120. The second-order valence-corrected chi connectivity index (χ2v) is 7.40. The second kappa shape index (κ2) is 7.71. The molecule has 2 aromatic heterocycles. The number of amides is 1. The van der Waals surface area contributed by atoms with Crippen LogP contribution >= 0.6 is 23.2 Å². The van der Waals surface area contributed by atoms with Crippen LogP contribution in [0.3, 0.4) is 0 Å². The van der Waals surface area contributed by atoms with Crippen molar-refractivity contribution in [1.82, 2.24) is 9.97 Å². The number of nitrogens with zero attached hydrogens (tertiary/aromatic N) is 3. The zero-order valence-electron chi connectivity index (χ0n) is 14.5. The molecule has 1 aromatic carbocycles. The van der Waals surface area contributed by atoms with Crippen LogP contribution in [-0.2, 0) is 4.79 Å². The maximum Gasteiger partial charge on any atom is 0.228 e. The first-order chi connectivity index (χ1) is 13.1. The van der Waals surface area contributed by atoms with Crippen LogP contribution in [0, 0.1) is 5.92 Å². The Hall–Kier alpha value is -2.37. The second-order valence-electron chi connectivity index (χ2n) is 6.60. The van der Waals surface area contributed by atoms with E-state index in [-0.39, 0.29) is 11.8 Å². The Labute approximate surface area is 167 Å². The summed E-state index contributed by atoms with van der Waals surface area (Å²) in [6, 6.07) is 13.4. The van der Waals surface area contributed by atoms with Crippen LogP contribution in [0.2, 0.25) is 10.2 Å². The molecule has 3 aromatic rings. The van der Waals surface area contributed by atoms with E-state index in [1.807, 2.05) is 24.3 Å². The number of carbonyl (C=O) groups is 1. The third-order valence-corrected chi connectivity index (χ3v) is 5.36. The molecule has 0 spiro atoms. The Morgan fingerprint density at radius 1 is 1.11 bits per heavy atom. The van der Waals surface area contributed by atoms with Crippen LogP contribution in [-0.4, -0.2) is 29.0 Å². The van der Waals surface area contributed by atoms with Gasteiger partial charge in [-0.3, -0.25) is 4.79 Å². The summed E-state index contributed by atoms with van der Waals surface area (Å²) in [5.41, 5.74) is 0. The summed E-state index contributed by atoms with van der Waals surface area (Å²) in [5.74, 6) is 1.33. The molecule has 3 heterocycles. The van der Waals surface area contributed by atoms with Gasteiger partial charge in [0.1, 0.15) is 16.8 Å². The molecule has 0 saturated carbocycles. The lowest BCUT2D eigenvalue weighted by atomic mass is 9.96. The Balaban J connectivity index is 1.41. The summed E-state index contributed by atoms with van der Waals surface area (Å²) in [6.07, 6.45) is 3.03. The molecule has 1 aliphatic rings. The summed E-state index contributed by atoms with van der Waals surface area (Å²) >= 11 is 12.2. The number of pyridine rings is 2. The average Bonchev–Trinajstić information content (AvgIpc) is 2.70. The fraction of sp³-hybridized carbons (Fsp3) is 0.250. The predicted molar refractivity (Wildman–Crippen MR) is 110 cm³/mol. The maximum atomic E-state index is 12.5. The largest absolute Gasteiger partial charge is 0.357 e. The highest BCUT2D eigenvalue weighted by Crippen LogP contribution is 2.29. The molecular formula is C20H18Cl2N4O. The van der Waals surface area contributed by atoms with Gasteiger partial charge in [0.05, 0.1) is 5.02 Å². The number of anilines is 2. The van der Waals surface area contributed by atoms with E-state index in [1.54, 1.807) is 12.1 Å². The fourth-order valence-corrected chi connectivity index (χ4v) is 3.72. The number of carbonyl (C=O) groups excluding carboxylic acids is 1. The summed E-state index contributed by atoms with van der Waals surface area (Å²) in [7, 11) is 0. The lowest BCUT2D eigenvalue weighted by Gasteiger charge is -2.32. The Morgan fingerprint density at radius 2 is 1.89 bits per heavy atom. The van der Waals surface area contributed by atoms with Gasteiger partial charge in [-0.1, -0.05) is 47.5 Å². The summed E-state index contributed by atoms with van der Waals surface area (Å²) in [6.45, 7) is 1.52. The molecule has 7 heteroatoms. The third kappa shape index (κ3) is 3.99. The number of hydrogen-bond donors (Lipinski definition) is 1. The van der Waals surface area contributed by atoms with Gasteiger partial charge in [0.15, 0.2) is 0 Å². The number of fused-ring (bicyclic) bond motifs is 1. The molecular weight excluding hydrogens is 383 g/mol. The van der Waals surface area contributed by atoms with E-state index in [1.165, 1.54) is 6.20 Å². The van der Waals surface area contributed by atoms with Gasteiger partial charge >= 0.3 is 0 Å². The van der Waals surface area contributed by atoms with Crippen molar-refractivity contribution in [3.63, 3.8) is 0 Å². The minimum atomic E-state index is -0.0466. The molecule has 0 atom stereocenters. The van der Waals surface area contributed by atoms with Crippen LogP contribution in [0.5, 0.6) is 0 Å². The number of piperidine rings is 1. The highest BCUT2D eigenvalue weighted by atomic mass is 35.5.